The Morgan fingerprint density at radius 1 is 1.18 bits per heavy atom. The molecule has 1 fully saturated rings. The summed E-state index contributed by atoms with van der Waals surface area (Å²) in [6.07, 6.45) is 0.998. The Balaban J connectivity index is 1.90. The van der Waals surface area contributed by atoms with E-state index in [4.69, 9.17) is 0 Å². The molecule has 0 aromatic heterocycles. The highest BCUT2D eigenvalue weighted by Crippen LogP contribution is 2.12. The number of amides is 1. The molecule has 122 valence electrons. The van der Waals surface area contributed by atoms with Gasteiger partial charge < -0.3 is 4.90 Å². The molecule has 1 aliphatic rings. The number of nitrogens with zero attached hydrogens (tertiary/aromatic N) is 2. The summed E-state index contributed by atoms with van der Waals surface area (Å²) in [5, 5.41) is 0. The molecule has 2 rings (SSSR count). The van der Waals surface area contributed by atoms with Crippen molar-refractivity contribution in [3.05, 3.63) is 35.4 Å². The van der Waals surface area contributed by atoms with E-state index >= 15 is 0 Å². The zero-order valence-corrected chi connectivity index (χ0v) is 14.1. The number of hydrogen-bond acceptors (Lipinski definition) is 3. The highest BCUT2D eigenvalue weighted by atomic mass is 32.2. The van der Waals surface area contributed by atoms with E-state index in [1.807, 2.05) is 38.1 Å². The summed E-state index contributed by atoms with van der Waals surface area (Å²) in [6.45, 7) is 5.63. The van der Waals surface area contributed by atoms with Crippen LogP contribution >= 0.6 is 0 Å². The normalized spacial score (nSPS) is 16.7. The Bertz CT molecular complexity index is 620. The van der Waals surface area contributed by atoms with Gasteiger partial charge in [0.05, 0.1) is 12.2 Å². The number of benzene rings is 1. The van der Waals surface area contributed by atoms with Gasteiger partial charge in [-0.2, -0.15) is 4.31 Å². The number of rotatable bonds is 5. The van der Waals surface area contributed by atoms with Crippen LogP contribution in [0.2, 0.25) is 0 Å². The van der Waals surface area contributed by atoms with E-state index in [0.717, 1.165) is 11.1 Å². The van der Waals surface area contributed by atoms with Gasteiger partial charge in [0, 0.05) is 26.2 Å². The van der Waals surface area contributed by atoms with Crippen molar-refractivity contribution in [3.8, 4) is 0 Å². The van der Waals surface area contributed by atoms with Crippen molar-refractivity contribution < 1.29 is 13.2 Å². The van der Waals surface area contributed by atoms with Crippen molar-refractivity contribution in [1.29, 1.82) is 0 Å². The Morgan fingerprint density at radius 3 is 2.45 bits per heavy atom. The van der Waals surface area contributed by atoms with Crippen LogP contribution in [0.3, 0.4) is 0 Å². The summed E-state index contributed by atoms with van der Waals surface area (Å²) in [5.41, 5.74) is 2.15. The van der Waals surface area contributed by atoms with Crippen LogP contribution in [0.25, 0.3) is 0 Å². The molecule has 6 heteroatoms. The number of hydrogen-bond donors (Lipinski definition) is 0. The van der Waals surface area contributed by atoms with Crippen LogP contribution in [0.4, 0.5) is 0 Å². The molecule has 1 heterocycles. The Hall–Kier alpha value is -1.40. The molecule has 22 heavy (non-hydrogen) atoms. The summed E-state index contributed by atoms with van der Waals surface area (Å²) >= 11 is 0. The summed E-state index contributed by atoms with van der Waals surface area (Å²) in [5.74, 6) is 0.252. The zero-order chi connectivity index (χ0) is 16.2. The van der Waals surface area contributed by atoms with E-state index in [-0.39, 0.29) is 11.7 Å². The summed E-state index contributed by atoms with van der Waals surface area (Å²) in [4.78, 5) is 14.1. The molecule has 1 saturated heterocycles. The second-order valence-electron chi connectivity index (χ2n) is 5.76. The van der Waals surface area contributed by atoms with E-state index in [1.165, 1.54) is 4.31 Å². The Kier molecular flexibility index (Phi) is 5.58. The van der Waals surface area contributed by atoms with Crippen molar-refractivity contribution in [3.63, 3.8) is 0 Å². The van der Waals surface area contributed by atoms with Gasteiger partial charge in [-0.25, -0.2) is 8.42 Å². The average molecular weight is 324 g/mol. The third kappa shape index (κ3) is 4.30. The van der Waals surface area contributed by atoms with Crippen LogP contribution in [-0.4, -0.2) is 55.5 Å². The van der Waals surface area contributed by atoms with Gasteiger partial charge in [0.15, 0.2) is 0 Å². The smallest absolute Gasteiger partial charge is 0.227 e. The molecule has 5 nitrogen and oxygen atoms in total. The summed E-state index contributed by atoms with van der Waals surface area (Å²) < 4.78 is 25.5. The standard InChI is InChI=1S/C16H24N2O3S/c1-3-11-22(20,21)18-9-7-17(8-10-18)16(19)13-15-6-4-5-14(2)12-15/h4-6,12H,3,7-11,13H2,1-2H3. The van der Waals surface area contributed by atoms with Gasteiger partial charge in [-0.1, -0.05) is 36.8 Å². The first-order valence-electron chi connectivity index (χ1n) is 7.73. The molecular formula is C16H24N2O3S. The lowest BCUT2D eigenvalue weighted by atomic mass is 10.1. The third-order valence-electron chi connectivity index (χ3n) is 3.88. The lowest BCUT2D eigenvalue weighted by Crippen LogP contribution is -2.51. The van der Waals surface area contributed by atoms with Crippen molar-refractivity contribution in [1.82, 2.24) is 9.21 Å². The van der Waals surface area contributed by atoms with Gasteiger partial charge in [0.2, 0.25) is 15.9 Å². The van der Waals surface area contributed by atoms with Crippen molar-refractivity contribution in [2.75, 3.05) is 31.9 Å². The van der Waals surface area contributed by atoms with Crippen molar-refractivity contribution >= 4 is 15.9 Å². The number of carbonyl (C=O) groups is 1. The predicted octanol–water partition coefficient (Wildman–Crippen LogP) is 1.42. The summed E-state index contributed by atoms with van der Waals surface area (Å²) in [7, 11) is -3.15. The molecule has 0 radical (unpaired) electrons. The molecule has 1 amide bonds. The minimum absolute atomic E-state index is 0.0677. The van der Waals surface area contributed by atoms with Crippen molar-refractivity contribution in [2.45, 2.75) is 26.7 Å². The highest BCUT2D eigenvalue weighted by Gasteiger charge is 2.27. The second-order valence-corrected chi connectivity index (χ2v) is 7.85. The molecule has 0 bridgehead atoms. The first-order chi connectivity index (χ1) is 10.4. The second kappa shape index (κ2) is 7.24. The van der Waals surface area contributed by atoms with Gasteiger partial charge in [-0.05, 0) is 18.9 Å². The Labute approximate surface area is 133 Å². The summed E-state index contributed by atoms with van der Waals surface area (Å²) in [6, 6.07) is 7.92. The monoisotopic (exact) mass is 324 g/mol. The van der Waals surface area contributed by atoms with Gasteiger partial charge in [-0.3, -0.25) is 4.79 Å². The topological polar surface area (TPSA) is 57.7 Å². The van der Waals surface area contributed by atoms with Crippen LogP contribution in [0.5, 0.6) is 0 Å². The lowest BCUT2D eigenvalue weighted by Gasteiger charge is -2.34. The molecule has 0 aliphatic carbocycles. The maximum Gasteiger partial charge on any atom is 0.227 e. The fraction of sp³-hybridized carbons (Fsp3) is 0.562. The quantitative estimate of drug-likeness (QED) is 0.823. The highest BCUT2D eigenvalue weighted by molar-refractivity contribution is 7.89. The molecule has 1 aliphatic heterocycles. The molecule has 0 N–H and O–H groups in total. The van der Waals surface area contributed by atoms with Gasteiger partial charge in [0.1, 0.15) is 0 Å². The van der Waals surface area contributed by atoms with Crippen LogP contribution in [0.15, 0.2) is 24.3 Å². The Morgan fingerprint density at radius 2 is 1.86 bits per heavy atom. The largest absolute Gasteiger partial charge is 0.340 e. The van der Waals surface area contributed by atoms with E-state index in [0.29, 0.717) is 39.0 Å². The number of piperazine rings is 1. The van der Waals surface area contributed by atoms with Crippen LogP contribution in [-0.2, 0) is 21.2 Å². The first kappa shape index (κ1) is 17.0. The van der Waals surface area contributed by atoms with Crippen LogP contribution in [0.1, 0.15) is 24.5 Å². The molecule has 0 unspecified atom stereocenters. The predicted molar refractivity (Wildman–Crippen MR) is 87.1 cm³/mol. The van der Waals surface area contributed by atoms with E-state index in [1.54, 1.807) is 4.90 Å². The van der Waals surface area contributed by atoms with Crippen LogP contribution in [0, 0.1) is 6.92 Å². The fourth-order valence-electron chi connectivity index (χ4n) is 2.71. The minimum Gasteiger partial charge on any atom is -0.340 e. The van der Waals surface area contributed by atoms with Gasteiger partial charge in [0.25, 0.3) is 0 Å². The first-order valence-corrected chi connectivity index (χ1v) is 9.34. The maximum absolute atomic E-state index is 12.3. The van der Waals surface area contributed by atoms with E-state index in [9.17, 15) is 13.2 Å². The lowest BCUT2D eigenvalue weighted by molar-refractivity contribution is -0.131. The third-order valence-corrected chi connectivity index (χ3v) is 5.96. The van der Waals surface area contributed by atoms with Gasteiger partial charge >= 0.3 is 0 Å². The average Bonchev–Trinajstić information content (AvgIpc) is 2.47. The number of aryl methyl sites for hydroxylation is 1. The van der Waals surface area contributed by atoms with Crippen LogP contribution < -0.4 is 0 Å². The molecule has 1 aromatic rings. The SMILES string of the molecule is CCCS(=O)(=O)N1CCN(C(=O)Cc2cccc(C)c2)CC1. The molecule has 0 atom stereocenters. The fourth-order valence-corrected chi connectivity index (χ4v) is 4.21. The van der Waals surface area contributed by atoms with Crippen molar-refractivity contribution in [2.24, 2.45) is 0 Å². The zero-order valence-electron chi connectivity index (χ0n) is 13.3. The van der Waals surface area contributed by atoms with Gasteiger partial charge in [-0.15, -0.1) is 0 Å². The molecule has 1 aromatic carbocycles. The number of sulfonamides is 1. The van der Waals surface area contributed by atoms with E-state index < -0.39 is 10.0 Å². The molecular weight excluding hydrogens is 300 g/mol. The number of carbonyl (C=O) groups excluding carboxylic acids is 1. The molecule has 0 spiro atoms. The molecule has 0 saturated carbocycles. The maximum atomic E-state index is 12.3. The minimum atomic E-state index is -3.15. The van der Waals surface area contributed by atoms with E-state index in [2.05, 4.69) is 0 Å².